The number of rotatable bonds is 6. The van der Waals surface area contributed by atoms with Crippen molar-refractivity contribution in [3.63, 3.8) is 0 Å². The first kappa shape index (κ1) is 21.6. The maximum absolute atomic E-state index is 12.9. The molecule has 0 saturated carbocycles. The van der Waals surface area contributed by atoms with E-state index in [1.54, 1.807) is 24.3 Å². The Morgan fingerprint density at radius 3 is 2.56 bits per heavy atom. The largest absolute Gasteiger partial charge is 0.478 e. The van der Waals surface area contributed by atoms with E-state index in [1.807, 2.05) is 36.5 Å². The minimum Gasteiger partial charge on any atom is -0.478 e. The van der Waals surface area contributed by atoms with Crippen LogP contribution in [0.4, 0.5) is 0 Å². The van der Waals surface area contributed by atoms with Gasteiger partial charge in [0.1, 0.15) is 0 Å². The lowest BCUT2D eigenvalue weighted by atomic mass is 9.86. The molecule has 5 rings (SSSR count). The zero-order valence-corrected chi connectivity index (χ0v) is 18.6. The first-order chi connectivity index (χ1) is 16.6. The topological polar surface area (TPSA) is 79.3 Å². The van der Waals surface area contributed by atoms with E-state index in [4.69, 9.17) is 5.11 Å². The van der Waals surface area contributed by atoms with Crippen molar-refractivity contribution in [3.05, 3.63) is 118 Å². The normalized spacial score (nSPS) is 12.6. The van der Waals surface area contributed by atoms with Gasteiger partial charge >= 0.3 is 5.97 Å². The van der Waals surface area contributed by atoms with E-state index in [2.05, 4.69) is 34.6 Å². The lowest BCUT2D eigenvalue weighted by Crippen LogP contribution is -2.26. The number of hydrogen-bond donors (Lipinski definition) is 2. The molecule has 0 fully saturated rings. The summed E-state index contributed by atoms with van der Waals surface area (Å²) in [6.45, 7) is 0.472. The van der Waals surface area contributed by atoms with Gasteiger partial charge in [0.25, 0.3) is 5.91 Å². The van der Waals surface area contributed by atoms with Gasteiger partial charge in [-0.25, -0.2) is 4.79 Å². The molecule has 0 aliphatic heterocycles. The van der Waals surface area contributed by atoms with Gasteiger partial charge in [0.2, 0.25) is 0 Å². The predicted molar refractivity (Wildman–Crippen MR) is 133 cm³/mol. The summed E-state index contributed by atoms with van der Waals surface area (Å²) < 4.78 is 0. The molecule has 0 saturated heterocycles. The lowest BCUT2D eigenvalue weighted by Gasteiger charge is -2.19. The van der Waals surface area contributed by atoms with E-state index in [0.717, 1.165) is 46.0 Å². The third-order valence-corrected chi connectivity index (χ3v) is 6.23. The summed E-state index contributed by atoms with van der Waals surface area (Å²) in [4.78, 5) is 28.5. The Kier molecular flexibility index (Phi) is 5.91. The van der Waals surface area contributed by atoms with Crippen molar-refractivity contribution in [1.29, 1.82) is 0 Å². The van der Waals surface area contributed by atoms with Crippen LogP contribution in [0.3, 0.4) is 0 Å². The molecule has 0 spiro atoms. The number of pyridine rings is 1. The standard InChI is InChI=1S/C29H24N2O3/c32-28(30-15-14-19-8-10-21(11-9-19)29(33)34)23-13-12-20-5-3-6-25(26(20)17-23)24-16-22-4-1-2-7-27(22)31-18-24/h1-2,4,6-13,16-18H,3,5,14-15H2,(H,30,32)(H,33,34). The summed E-state index contributed by atoms with van der Waals surface area (Å²) in [5.41, 5.74) is 7.32. The molecule has 1 heterocycles. The van der Waals surface area contributed by atoms with Crippen LogP contribution >= 0.6 is 0 Å². The van der Waals surface area contributed by atoms with Gasteiger partial charge < -0.3 is 10.4 Å². The highest BCUT2D eigenvalue weighted by Crippen LogP contribution is 2.33. The van der Waals surface area contributed by atoms with Crippen LogP contribution in [0.5, 0.6) is 0 Å². The molecule has 0 unspecified atom stereocenters. The first-order valence-corrected chi connectivity index (χ1v) is 11.4. The van der Waals surface area contributed by atoms with Crippen LogP contribution in [0.1, 0.15) is 49.4 Å². The Hall–Kier alpha value is -4.25. The molecule has 0 atom stereocenters. The second kappa shape index (κ2) is 9.32. The van der Waals surface area contributed by atoms with Crippen molar-refractivity contribution in [2.75, 3.05) is 6.54 Å². The van der Waals surface area contributed by atoms with Crippen molar-refractivity contribution in [3.8, 4) is 0 Å². The number of carbonyl (C=O) groups is 2. The molecule has 1 aliphatic rings. The van der Waals surface area contributed by atoms with Gasteiger partial charge in [-0.1, -0.05) is 42.5 Å². The van der Waals surface area contributed by atoms with Crippen molar-refractivity contribution in [1.82, 2.24) is 10.3 Å². The maximum atomic E-state index is 12.9. The number of carboxylic acid groups (broad SMARTS) is 1. The first-order valence-electron chi connectivity index (χ1n) is 11.4. The highest BCUT2D eigenvalue weighted by molar-refractivity contribution is 5.96. The van der Waals surface area contributed by atoms with Crippen LogP contribution < -0.4 is 5.32 Å². The highest BCUT2D eigenvalue weighted by atomic mass is 16.4. The molecular weight excluding hydrogens is 424 g/mol. The highest BCUT2D eigenvalue weighted by Gasteiger charge is 2.17. The van der Waals surface area contributed by atoms with Crippen LogP contribution in [-0.2, 0) is 12.8 Å². The van der Waals surface area contributed by atoms with Crippen LogP contribution in [0, 0.1) is 0 Å². The number of fused-ring (bicyclic) bond motifs is 2. The molecule has 4 aromatic rings. The molecule has 5 nitrogen and oxygen atoms in total. The molecule has 0 bridgehead atoms. The van der Waals surface area contributed by atoms with Gasteiger partial charge in [0.05, 0.1) is 11.1 Å². The second-order valence-electron chi connectivity index (χ2n) is 8.45. The Bertz CT molecular complexity index is 1420. The smallest absolute Gasteiger partial charge is 0.335 e. The van der Waals surface area contributed by atoms with Crippen molar-refractivity contribution >= 4 is 28.4 Å². The number of amides is 1. The number of carbonyl (C=O) groups excluding carboxylic acids is 1. The van der Waals surface area contributed by atoms with Gasteiger partial charge in [-0.05, 0) is 77.9 Å². The van der Waals surface area contributed by atoms with Gasteiger partial charge in [-0.15, -0.1) is 0 Å². The molecule has 0 radical (unpaired) electrons. The lowest BCUT2D eigenvalue weighted by molar-refractivity contribution is 0.0696. The van der Waals surface area contributed by atoms with Gasteiger partial charge in [-0.2, -0.15) is 0 Å². The van der Waals surface area contributed by atoms with Crippen molar-refractivity contribution in [2.24, 2.45) is 0 Å². The quantitative estimate of drug-likeness (QED) is 0.420. The summed E-state index contributed by atoms with van der Waals surface area (Å²) in [5.74, 6) is -1.06. The molecule has 168 valence electrons. The molecule has 1 aliphatic carbocycles. The third-order valence-electron chi connectivity index (χ3n) is 6.23. The molecule has 3 aromatic carbocycles. The van der Waals surface area contributed by atoms with E-state index >= 15 is 0 Å². The average Bonchev–Trinajstić information content (AvgIpc) is 2.88. The third kappa shape index (κ3) is 4.46. The number of nitrogens with zero attached hydrogens (tertiary/aromatic N) is 1. The number of aromatic carboxylic acids is 1. The number of benzene rings is 3. The number of hydrogen-bond acceptors (Lipinski definition) is 3. The Labute approximate surface area is 197 Å². The fourth-order valence-electron chi connectivity index (χ4n) is 4.40. The molecule has 34 heavy (non-hydrogen) atoms. The second-order valence-corrected chi connectivity index (χ2v) is 8.45. The number of nitrogens with one attached hydrogen (secondary N) is 1. The minimum absolute atomic E-state index is 0.119. The fourth-order valence-corrected chi connectivity index (χ4v) is 4.40. The summed E-state index contributed by atoms with van der Waals surface area (Å²) >= 11 is 0. The van der Waals surface area contributed by atoms with E-state index < -0.39 is 5.97 Å². The number of carboxylic acids is 1. The number of aromatic nitrogens is 1. The molecule has 1 amide bonds. The van der Waals surface area contributed by atoms with E-state index in [0.29, 0.717) is 18.5 Å². The van der Waals surface area contributed by atoms with Crippen LogP contribution in [0.15, 0.2) is 85.1 Å². The Balaban J connectivity index is 1.32. The van der Waals surface area contributed by atoms with E-state index in [-0.39, 0.29) is 11.5 Å². The molecule has 1 aromatic heterocycles. The van der Waals surface area contributed by atoms with E-state index in [9.17, 15) is 9.59 Å². The summed E-state index contributed by atoms with van der Waals surface area (Å²) in [6, 6.07) is 22.9. The van der Waals surface area contributed by atoms with Crippen LogP contribution in [0.25, 0.3) is 16.5 Å². The maximum Gasteiger partial charge on any atom is 0.335 e. The van der Waals surface area contributed by atoms with Crippen LogP contribution in [0.2, 0.25) is 0 Å². The van der Waals surface area contributed by atoms with Gasteiger partial charge in [-0.3, -0.25) is 9.78 Å². The number of para-hydroxylation sites is 1. The molecule has 2 N–H and O–H groups in total. The fraction of sp³-hybridized carbons (Fsp3) is 0.138. The summed E-state index contributed by atoms with van der Waals surface area (Å²) in [5, 5.41) is 13.1. The zero-order valence-electron chi connectivity index (χ0n) is 18.6. The Morgan fingerprint density at radius 2 is 1.74 bits per heavy atom. The SMILES string of the molecule is O=C(O)c1ccc(CCNC(=O)c2ccc3c(c2)C(c2cnc4ccccc4c2)=CCC3)cc1. The Morgan fingerprint density at radius 1 is 0.941 bits per heavy atom. The monoisotopic (exact) mass is 448 g/mol. The molecule has 5 heteroatoms. The predicted octanol–water partition coefficient (Wildman–Crippen LogP) is 5.28. The average molecular weight is 449 g/mol. The van der Waals surface area contributed by atoms with Gasteiger partial charge in [0, 0.05) is 29.3 Å². The van der Waals surface area contributed by atoms with Crippen molar-refractivity contribution in [2.45, 2.75) is 19.3 Å². The zero-order chi connectivity index (χ0) is 23.5. The van der Waals surface area contributed by atoms with Crippen molar-refractivity contribution < 1.29 is 14.7 Å². The number of allylic oxidation sites excluding steroid dienone is 1. The summed E-state index contributed by atoms with van der Waals surface area (Å²) in [6.07, 6.45) is 6.68. The number of aryl methyl sites for hydroxylation is 1. The van der Waals surface area contributed by atoms with Gasteiger partial charge in [0.15, 0.2) is 0 Å². The molecular formula is C29H24N2O3. The van der Waals surface area contributed by atoms with E-state index in [1.165, 1.54) is 5.56 Å². The van der Waals surface area contributed by atoms with Crippen LogP contribution in [-0.4, -0.2) is 28.5 Å². The minimum atomic E-state index is -0.944. The summed E-state index contributed by atoms with van der Waals surface area (Å²) in [7, 11) is 0.